The SMILES string of the molecule is CC[C@H](C)NC(=O)[C@@H](Cc1ccccc1)N(Cc1ccccc1Cl)C(=O)CCCN(c1cccc(Cl)c1)S(C)(=O)=O. The molecule has 7 nitrogen and oxygen atoms in total. The second-order valence-electron chi connectivity index (χ2n) is 10.1. The predicted molar refractivity (Wildman–Crippen MR) is 167 cm³/mol. The van der Waals surface area contributed by atoms with Gasteiger partial charge in [-0.3, -0.25) is 13.9 Å². The van der Waals surface area contributed by atoms with Crippen LogP contribution in [0.3, 0.4) is 0 Å². The molecule has 3 rings (SSSR count). The maximum Gasteiger partial charge on any atom is 0.243 e. The lowest BCUT2D eigenvalue weighted by atomic mass is 10.0. The van der Waals surface area contributed by atoms with E-state index in [4.69, 9.17) is 23.2 Å². The van der Waals surface area contributed by atoms with Crippen molar-refractivity contribution >= 4 is 50.7 Å². The molecule has 0 spiro atoms. The van der Waals surface area contributed by atoms with E-state index in [2.05, 4.69) is 5.32 Å². The molecule has 0 bridgehead atoms. The standard InChI is InChI=1S/C31H37Cl2N3O4S/c1-4-23(2)34-31(38)29(20-24-12-6-5-7-13-24)35(22-25-14-8-9-17-28(25)33)30(37)18-11-19-36(41(3,39)40)27-16-10-15-26(32)21-27/h5-10,12-17,21,23,29H,4,11,18-20,22H2,1-3H3,(H,34,38)/t23-,29+/m0/s1. The second-order valence-corrected chi connectivity index (χ2v) is 12.8. The molecule has 0 heterocycles. The number of anilines is 1. The number of nitrogens with zero attached hydrogens (tertiary/aromatic N) is 2. The van der Waals surface area contributed by atoms with Gasteiger partial charge in [0.25, 0.3) is 0 Å². The van der Waals surface area contributed by atoms with E-state index in [0.717, 1.165) is 18.2 Å². The average Bonchev–Trinajstić information content (AvgIpc) is 2.93. The van der Waals surface area contributed by atoms with Crippen molar-refractivity contribution in [1.82, 2.24) is 10.2 Å². The summed E-state index contributed by atoms with van der Waals surface area (Å²) in [5.41, 5.74) is 2.06. The van der Waals surface area contributed by atoms with Crippen molar-refractivity contribution in [1.29, 1.82) is 0 Å². The van der Waals surface area contributed by atoms with Gasteiger partial charge in [0.15, 0.2) is 0 Å². The molecule has 0 aromatic heterocycles. The zero-order chi connectivity index (χ0) is 30.0. The van der Waals surface area contributed by atoms with E-state index in [1.165, 1.54) is 4.31 Å². The number of hydrogen-bond donors (Lipinski definition) is 1. The van der Waals surface area contributed by atoms with E-state index in [1.807, 2.05) is 62.4 Å². The topological polar surface area (TPSA) is 86.8 Å². The number of carbonyl (C=O) groups is 2. The summed E-state index contributed by atoms with van der Waals surface area (Å²) >= 11 is 12.6. The Morgan fingerprint density at radius 2 is 1.63 bits per heavy atom. The van der Waals surface area contributed by atoms with E-state index >= 15 is 0 Å². The Bertz CT molecular complexity index is 1420. The first-order chi connectivity index (χ1) is 19.5. The first-order valence-corrected chi connectivity index (χ1v) is 16.2. The summed E-state index contributed by atoms with van der Waals surface area (Å²) in [6.45, 7) is 4.12. The molecule has 220 valence electrons. The number of hydrogen-bond acceptors (Lipinski definition) is 4. The molecule has 0 aliphatic heterocycles. The van der Waals surface area contributed by atoms with Gasteiger partial charge in [-0.25, -0.2) is 8.42 Å². The van der Waals surface area contributed by atoms with E-state index in [-0.39, 0.29) is 43.8 Å². The molecule has 0 aliphatic carbocycles. The summed E-state index contributed by atoms with van der Waals surface area (Å²) in [5, 5.41) is 3.95. The number of rotatable bonds is 14. The lowest BCUT2D eigenvalue weighted by Crippen LogP contribution is -2.52. The predicted octanol–water partition coefficient (Wildman–Crippen LogP) is 6.09. The Kier molecular flexibility index (Phi) is 12.1. The van der Waals surface area contributed by atoms with Crippen LogP contribution in [0, 0.1) is 0 Å². The zero-order valence-electron chi connectivity index (χ0n) is 23.6. The minimum Gasteiger partial charge on any atom is -0.352 e. The highest BCUT2D eigenvalue weighted by atomic mass is 35.5. The molecule has 0 fully saturated rings. The molecule has 0 radical (unpaired) electrons. The lowest BCUT2D eigenvalue weighted by Gasteiger charge is -2.33. The van der Waals surface area contributed by atoms with Gasteiger partial charge in [0.2, 0.25) is 21.8 Å². The third-order valence-corrected chi connectivity index (χ3v) is 8.62. The van der Waals surface area contributed by atoms with Crippen molar-refractivity contribution in [2.45, 2.75) is 58.2 Å². The molecule has 41 heavy (non-hydrogen) atoms. The van der Waals surface area contributed by atoms with Crippen LogP contribution in [0.2, 0.25) is 10.0 Å². The molecule has 0 aliphatic rings. The van der Waals surface area contributed by atoms with Crippen molar-refractivity contribution in [2.75, 3.05) is 17.1 Å². The van der Waals surface area contributed by atoms with E-state index in [9.17, 15) is 18.0 Å². The molecule has 0 unspecified atom stereocenters. The summed E-state index contributed by atoms with van der Waals surface area (Å²) < 4.78 is 26.4. The maximum atomic E-state index is 13.9. The fourth-order valence-corrected chi connectivity index (χ4v) is 5.78. The van der Waals surface area contributed by atoms with Gasteiger partial charge in [0.1, 0.15) is 6.04 Å². The molecule has 2 atom stereocenters. The fraction of sp³-hybridized carbons (Fsp3) is 0.355. The summed E-state index contributed by atoms with van der Waals surface area (Å²) in [5.74, 6) is -0.523. The Morgan fingerprint density at radius 3 is 2.27 bits per heavy atom. The molecular formula is C31H37Cl2N3O4S. The summed E-state index contributed by atoms with van der Waals surface area (Å²) in [4.78, 5) is 29.1. The largest absolute Gasteiger partial charge is 0.352 e. The van der Waals surface area contributed by atoms with Gasteiger partial charge in [0, 0.05) is 42.0 Å². The average molecular weight is 619 g/mol. The van der Waals surface area contributed by atoms with Crippen molar-refractivity contribution in [3.05, 3.63) is 100 Å². The molecule has 3 aromatic rings. The summed E-state index contributed by atoms with van der Waals surface area (Å²) in [7, 11) is -3.63. The second kappa shape index (κ2) is 15.2. The maximum absolute atomic E-state index is 13.9. The number of benzene rings is 3. The van der Waals surface area contributed by atoms with Gasteiger partial charge in [-0.1, -0.05) is 84.7 Å². The molecule has 0 saturated carbocycles. The fourth-order valence-electron chi connectivity index (χ4n) is 4.44. The van der Waals surface area contributed by atoms with E-state index in [1.54, 1.807) is 35.2 Å². The van der Waals surface area contributed by atoms with Crippen LogP contribution in [-0.4, -0.2) is 50.0 Å². The van der Waals surface area contributed by atoms with Crippen LogP contribution in [0.15, 0.2) is 78.9 Å². The monoisotopic (exact) mass is 617 g/mol. The highest BCUT2D eigenvalue weighted by Gasteiger charge is 2.31. The first kappa shape index (κ1) is 32.4. The normalized spacial score (nSPS) is 12.8. The highest BCUT2D eigenvalue weighted by molar-refractivity contribution is 7.92. The van der Waals surface area contributed by atoms with Crippen molar-refractivity contribution in [2.24, 2.45) is 0 Å². The Balaban J connectivity index is 1.90. The molecule has 1 N–H and O–H groups in total. The van der Waals surface area contributed by atoms with Gasteiger partial charge in [-0.2, -0.15) is 0 Å². The number of carbonyl (C=O) groups excluding carboxylic acids is 2. The van der Waals surface area contributed by atoms with Gasteiger partial charge in [0.05, 0.1) is 11.9 Å². The zero-order valence-corrected chi connectivity index (χ0v) is 25.9. The van der Waals surface area contributed by atoms with Crippen LogP contribution < -0.4 is 9.62 Å². The van der Waals surface area contributed by atoms with Crippen molar-refractivity contribution in [3.8, 4) is 0 Å². The van der Waals surface area contributed by atoms with Gasteiger partial charge >= 0.3 is 0 Å². The van der Waals surface area contributed by atoms with Crippen LogP contribution in [0.25, 0.3) is 0 Å². The number of halogens is 2. The minimum absolute atomic E-state index is 0.0267. The number of nitrogens with one attached hydrogen (secondary N) is 1. The van der Waals surface area contributed by atoms with E-state index < -0.39 is 16.1 Å². The first-order valence-electron chi connectivity index (χ1n) is 13.6. The third kappa shape index (κ3) is 9.76. The Labute approximate surface area is 253 Å². The van der Waals surface area contributed by atoms with Crippen LogP contribution in [0.1, 0.15) is 44.2 Å². The number of sulfonamides is 1. The number of amides is 2. The smallest absolute Gasteiger partial charge is 0.243 e. The van der Waals surface area contributed by atoms with Crippen LogP contribution in [-0.2, 0) is 32.6 Å². The van der Waals surface area contributed by atoms with Gasteiger partial charge in [-0.05, 0) is 55.2 Å². The quantitative estimate of drug-likeness (QED) is 0.237. The molecular weight excluding hydrogens is 581 g/mol. The minimum atomic E-state index is -3.63. The van der Waals surface area contributed by atoms with Gasteiger partial charge in [-0.15, -0.1) is 0 Å². The van der Waals surface area contributed by atoms with Crippen LogP contribution in [0.5, 0.6) is 0 Å². The van der Waals surface area contributed by atoms with Gasteiger partial charge < -0.3 is 10.2 Å². The Morgan fingerprint density at radius 1 is 0.951 bits per heavy atom. The lowest BCUT2D eigenvalue weighted by molar-refractivity contribution is -0.141. The molecule has 10 heteroatoms. The molecule has 2 amide bonds. The highest BCUT2D eigenvalue weighted by Crippen LogP contribution is 2.24. The van der Waals surface area contributed by atoms with Crippen molar-refractivity contribution in [3.63, 3.8) is 0 Å². The van der Waals surface area contributed by atoms with Crippen LogP contribution in [0.4, 0.5) is 5.69 Å². The van der Waals surface area contributed by atoms with E-state index in [0.29, 0.717) is 27.7 Å². The third-order valence-electron chi connectivity index (χ3n) is 6.82. The molecule has 0 saturated heterocycles. The summed E-state index contributed by atoms with van der Waals surface area (Å²) in [6, 6.07) is 22.5. The Hall–Kier alpha value is -3.07. The van der Waals surface area contributed by atoms with Crippen LogP contribution >= 0.6 is 23.2 Å². The van der Waals surface area contributed by atoms with Crippen molar-refractivity contribution < 1.29 is 18.0 Å². The summed E-state index contributed by atoms with van der Waals surface area (Å²) in [6.07, 6.45) is 2.44. The molecule has 3 aromatic carbocycles.